The number of nitro groups is 2. The molecule has 164 valence electrons. The van der Waals surface area contributed by atoms with Crippen LogP contribution in [0.25, 0.3) is 5.69 Å². The summed E-state index contributed by atoms with van der Waals surface area (Å²) in [6.45, 7) is 6.01. The SMILES string of the molecule is Cc1nn(-c2ccccc2[N+](=O)[O-])c2c1/C(=N\Nc1ccccc1[N+](=O)[O-])CC(C)(C)C2. The first kappa shape index (κ1) is 21.2. The maximum atomic E-state index is 11.6. The van der Waals surface area contributed by atoms with Crippen LogP contribution in [-0.2, 0) is 6.42 Å². The number of hydrogen-bond donors (Lipinski definition) is 1. The molecule has 0 spiro atoms. The van der Waals surface area contributed by atoms with Gasteiger partial charge in [0.05, 0.1) is 26.9 Å². The average molecular weight is 434 g/mol. The van der Waals surface area contributed by atoms with Gasteiger partial charge in [0.1, 0.15) is 11.4 Å². The number of fused-ring (bicyclic) bond motifs is 1. The fourth-order valence-electron chi connectivity index (χ4n) is 4.12. The van der Waals surface area contributed by atoms with E-state index in [4.69, 9.17) is 0 Å². The van der Waals surface area contributed by atoms with E-state index < -0.39 is 9.85 Å². The van der Waals surface area contributed by atoms with Gasteiger partial charge >= 0.3 is 0 Å². The van der Waals surface area contributed by atoms with E-state index in [1.54, 1.807) is 41.1 Å². The van der Waals surface area contributed by atoms with Gasteiger partial charge in [0.25, 0.3) is 11.4 Å². The molecule has 0 saturated carbocycles. The molecule has 1 aliphatic rings. The summed E-state index contributed by atoms with van der Waals surface area (Å²) in [6, 6.07) is 12.8. The summed E-state index contributed by atoms with van der Waals surface area (Å²) in [5.41, 5.74) is 6.28. The summed E-state index contributed by atoms with van der Waals surface area (Å²) in [7, 11) is 0. The minimum Gasteiger partial charge on any atom is -0.271 e. The Balaban J connectivity index is 1.83. The standard InChI is InChI=1S/C22H22N6O4/c1-14-21-16(24-23-15-8-4-5-9-17(15)27(29)30)12-22(2,3)13-20(21)26(25-14)18-10-6-7-11-19(18)28(31)32/h4-11,23H,12-13H2,1-3H3/b24-16-. The second kappa shape index (κ2) is 7.88. The fourth-order valence-corrected chi connectivity index (χ4v) is 4.12. The summed E-state index contributed by atoms with van der Waals surface area (Å²) in [5.74, 6) is 0. The van der Waals surface area contributed by atoms with Crippen LogP contribution in [0.3, 0.4) is 0 Å². The molecular weight excluding hydrogens is 412 g/mol. The van der Waals surface area contributed by atoms with E-state index in [0.717, 1.165) is 11.3 Å². The molecule has 3 aromatic rings. The lowest BCUT2D eigenvalue weighted by atomic mass is 9.75. The van der Waals surface area contributed by atoms with Crippen molar-refractivity contribution in [2.45, 2.75) is 33.6 Å². The minimum atomic E-state index is -0.462. The highest BCUT2D eigenvalue weighted by Gasteiger charge is 2.36. The van der Waals surface area contributed by atoms with Crippen molar-refractivity contribution in [2.75, 3.05) is 5.43 Å². The molecule has 0 aliphatic heterocycles. The van der Waals surface area contributed by atoms with Crippen LogP contribution in [0.5, 0.6) is 0 Å². The molecule has 1 N–H and O–H groups in total. The van der Waals surface area contributed by atoms with E-state index in [9.17, 15) is 20.2 Å². The summed E-state index contributed by atoms with van der Waals surface area (Å²) in [4.78, 5) is 22.0. The Morgan fingerprint density at radius 1 is 1.00 bits per heavy atom. The number of hydrazone groups is 1. The van der Waals surface area contributed by atoms with Crippen molar-refractivity contribution in [3.8, 4) is 5.69 Å². The van der Waals surface area contributed by atoms with Crippen molar-refractivity contribution < 1.29 is 9.85 Å². The second-order valence-electron chi connectivity index (χ2n) is 8.53. The number of nitrogens with zero attached hydrogens (tertiary/aromatic N) is 5. The highest BCUT2D eigenvalue weighted by Crippen LogP contribution is 2.38. The zero-order valence-electron chi connectivity index (χ0n) is 17.9. The minimum absolute atomic E-state index is 0.0299. The normalized spacial score (nSPS) is 15.9. The number of aromatic nitrogens is 2. The fraction of sp³-hybridized carbons (Fsp3) is 0.273. The van der Waals surface area contributed by atoms with Gasteiger partial charge < -0.3 is 0 Å². The molecule has 1 aliphatic carbocycles. The van der Waals surface area contributed by atoms with Crippen molar-refractivity contribution in [1.82, 2.24) is 9.78 Å². The molecule has 10 nitrogen and oxygen atoms in total. The van der Waals surface area contributed by atoms with Crippen molar-refractivity contribution in [3.05, 3.63) is 85.7 Å². The Hall–Kier alpha value is -4.08. The molecule has 10 heteroatoms. The molecule has 0 atom stereocenters. The molecule has 0 fully saturated rings. The lowest BCUT2D eigenvalue weighted by Gasteiger charge is -2.31. The van der Waals surface area contributed by atoms with Crippen LogP contribution in [0.4, 0.5) is 17.1 Å². The number of anilines is 1. The first-order chi connectivity index (χ1) is 15.2. The number of hydrogen-bond acceptors (Lipinski definition) is 7. The summed E-state index contributed by atoms with van der Waals surface area (Å²) in [6.07, 6.45) is 1.27. The van der Waals surface area contributed by atoms with Crippen LogP contribution in [0.15, 0.2) is 53.6 Å². The second-order valence-corrected chi connectivity index (χ2v) is 8.53. The van der Waals surface area contributed by atoms with Gasteiger partial charge in [-0.1, -0.05) is 38.1 Å². The number of aryl methyl sites for hydroxylation is 1. The number of rotatable bonds is 5. The maximum absolute atomic E-state index is 11.6. The van der Waals surface area contributed by atoms with Gasteiger partial charge in [-0.25, -0.2) is 4.68 Å². The maximum Gasteiger partial charge on any atom is 0.294 e. The zero-order chi connectivity index (χ0) is 23.0. The van der Waals surface area contributed by atoms with Gasteiger partial charge in [-0.05, 0) is 37.3 Å². The monoisotopic (exact) mass is 434 g/mol. The largest absolute Gasteiger partial charge is 0.294 e. The van der Waals surface area contributed by atoms with Crippen LogP contribution < -0.4 is 5.43 Å². The zero-order valence-corrected chi connectivity index (χ0v) is 17.9. The number of benzene rings is 2. The number of nitrogens with one attached hydrogen (secondary N) is 1. The lowest BCUT2D eigenvalue weighted by Crippen LogP contribution is -2.29. The Labute approximate surface area is 183 Å². The first-order valence-electron chi connectivity index (χ1n) is 10.1. The van der Waals surface area contributed by atoms with Crippen molar-refractivity contribution in [1.29, 1.82) is 0 Å². The van der Waals surface area contributed by atoms with E-state index in [1.807, 2.05) is 6.92 Å². The van der Waals surface area contributed by atoms with E-state index in [-0.39, 0.29) is 16.8 Å². The van der Waals surface area contributed by atoms with Gasteiger partial charge in [-0.15, -0.1) is 0 Å². The predicted octanol–water partition coefficient (Wildman–Crippen LogP) is 4.79. The van der Waals surface area contributed by atoms with Crippen LogP contribution in [0, 0.1) is 32.6 Å². The Kier molecular flexibility index (Phi) is 5.21. The van der Waals surface area contributed by atoms with Crippen LogP contribution in [0.2, 0.25) is 0 Å². The van der Waals surface area contributed by atoms with Gasteiger partial charge in [0.15, 0.2) is 0 Å². The van der Waals surface area contributed by atoms with E-state index in [1.165, 1.54) is 12.1 Å². The van der Waals surface area contributed by atoms with Crippen molar-refractivity contribution in [2.24, 2.45) is 10.5 Å². The summed E-state index contributed by atoms with van der Waals surface area (Å²) < 4.78 is 1.63. The molecule has 1 aromatic heterocycles. The third kappa shape index (κ3) is 3.82. The van der Waals surface area contributed by atoms with E-state index >= 15 is 0 Å². The predicted molar refractivity (Wildman–Crippen MR) is 120 cm³/mol. The van der Waals surface area contributed by atoms with Gasteiger partial charge in [0.2, 0.25) is 0 Å². The molecule has 2 aromatic carbocycles. The molecular formula is C22H22N6O4. The molecule has 4 rings (SSSR count). The Morgan fingerprint density at radius 2 is 1.62 bits per heavy atom. The molecule has 1 heterocycles. The molecule has 0 saturated heterocycles. The van der Waals surface area contributed by atoms with E-state index in [2.05, 4.69) is 29.5 Å². The summed E-state index contributed by atoms with van der Waals surface area (Å²) >= 11 is 0. The van der Waals surface area contributed by atoms with Crippen LogP contribution in [0.1, 0.15) is 37.2 Å². The first-order valence-corrected chi connectivity index (χ1v) is 10.1. The number of para-hydroxylation sites is 4. The highest BCUT2D eigenvalue weighted by molar-refractivity contribution is 6.04. The van der Waals surface area contributed by atoms with Crippen LogP contribution in [-0.4, -0.2) is 25.3 Å². The van der Waals surface area contributed by atoms with E-state index in [0.29, 0.717) is 35.6 Å². The van der Waals surface area contributed by atoms with Gasteiger partial charge in [0, 0.05) is 17.7 Å². The third-order valence-electron chi connectivity index (χ3n) is 5.46. The Morgan fingerprint density at radius 3 is 2.31 bits per heavy atom. The quantitative estimate of drug-likeness (QED) is 0.454. The lowest BCUT2D eigenvalue weighted by molar-refractivity contribution is -0.384. The molecule has 0 unspecified atom stereocenters. The summed E-state index contributed by atoms with van der Waals surface area (Å²) in [5, 5.41) is 32.1. The molecule has 32 heavy (non-hydrogen) atoms. The average Bonchev–Trinajstić information content (AvgIpc) is 3.07. The highest BCUT2D eigenvalue weighted by atomic mass is 16.6. The molecule has 0 radical (unpaired) electrons. The van der Waals surface area contributed by atoms with Gasteiger partial charge in [-0.2, -0.15) is 10.2 Å². The molecule has 0 bridgehead atoms. The Bertz CT molecular complexity index is 1260. The smallest absolute Gasteiger partial charge is 0.271 e. The van der Waals surface area contributed by atoms with Crippen LogP contribution >= 0.6 is 0 Å². The number of nitro benzene ring substituents is 2. The topological polar surface area (TPSA) is 128 Å². The van der Waals surface area contributed by atoms with Crippen molar-refractivity contribution in [3.63, 3.8) is 0 Å². The van der Waals surface area contributed by atoms with Crippen molar-refractivity contribution >= 4 is 22.8 Å². The molecule has 0 amide bonds. The van der Waals surface area contributed by atoms with Gasteiger partial charge in [-0.3, -0.25) is 25.7 Å². The third-order valence-corrected chi connectivity index (χ3v) is 5.46.